The number of hydrogen-bond acceptors (Lipinski definition) is 2. The molecule has 1 aromatic rings. The van der Waals surface area contributed by atoms with Crippen LogP contribution in [0.2, 0.25) is 5.04 Å². The zero-order valence-electron chi connectivity index (χ0n) is 17.4. The molecule has 0 saturated heterocycles. The standard InChI is InChI=1S/C22H36O2Si/c1-20(2,3)14-15-9-10-16-11-12-18(19(23)17(16)13-15)22(7,8)24-25-21(4,5)6/h9-10,13,18-19,23H,11-12,14H2,1-8H3. The average molecular weight is 361 g/mol. The van der Waals surface area contributed by atoms with Gasteiger partial charge in [0.05, 0.1) is 11.7 Å². The fourth-order valence-corrected chi connectivity index (χ4v) is 4.36. The van der Waals surface area contributed by atoms with Crippen LogP contribution in [-0.2, 0) is 17.3 Å². The van der Waals surface area contributed by atoms with Crippen LogP contribution in [0, 0.1) is 11.3 Å². The molecular weight excluding hydrogens is 324 g/mol. The van der Waals surface area contributed by atoms with Crippen LogP contribution in [0.25, 0.3) is 0 Å². The van der Waals surface area contributed by atoms with E-state index in [1.54, 1.807) is 0 Å². The maximum absolute atomic E-state index is 11.1. The Kier molecular flexibility index (Phi) is 5.93. The minimum atomic E-state index is -0.441. The van der Waals surface area contributed by atoms with Gasteiger partial charge >= 0.3 is 0 Å². The summed E-state index contributed by atoms with van der Waals surface area (Å²) >= 11 is 0. The molecule has 2 rings (SSSR count). The fourth-order valence-electron chi connectivity index (χ4n) is 3.64. The highest BCUT2D eigenvalue weighted by atomic mass is 28.2. The first-order chi connectivity index (χ1) is 11.3. The summed E-state index contributed by atoms with van der Waals surface area (Å²) in [6.07, 6.45) is 2.60. The van der Waals surface area contributed by atoms with E-state index in [-0.39, 0.29) is 22.0 Å². The van der Waals surface area contributed by atoms with Crippen molar-refractivity contribution < 1.29 is 9.53 Å². The quantitative estimate of drug-likeness (QED) is 0.718. The highest BCUT2D eigenvalue weighted by Crippen LogP contribution is 2.43. The lowest BCUT2D eigenvalue weighted by molar-refractivity contribution is -0.0400. The molecule has 0 bridgehead atoms. The molecule has 2 unspecified atom stereocenters. The second-order valence-corrected chi connectivity index (χ2v) is 12.3. The number of hydrogen-bond donors (Lipinski definition) is 1. The highest BCUT2D eigenvalue weighted by molar-refractivity contribution is 6.31. The molecule has 0 aliphatic heterocycles. The number of rotatable bonds is 4. The Labute approximate surface area is 157 Å². The van der Waals surface area contributed by atoms with E-state index in [0.29, 0.717) is 9.76 Å². The smallest absolute Gasteiger partial charge is 0.236 e. The Bertz CT molecular complexity index is 593. The van der Waals surface area contributed by atoms with Crippen LogP contribution in [0.1, 0.15) is 84.6 Å². The Balaban J connectivity index is 2.21. The minimum absolute atomic E-state index is 0.139. The molecule has 0 spiro atoms. The van der Waals surface area contributed by atoms with Gasteiger partial charge < -0.3 is 9.53 Å². The van der Waals surface area contributed by atoms with E-state index in [9.17, 15) is 5.11 Å². The number of aryl methyl sites for hydroxylation is 1. The molecule has 3 heteroatoms. The van der Waals surface area contributed by atoms with Crippen molar-refractivity contribution in [2.75, 3.05) is 0 Å². The van der Waals surface area contributed by atoms with Gasteiger partial charge in [-0.3, -0.25) is 0 Å². The van der Waals surface area contributed by atoms with E-state index in [0.717, 1.165) is 24.8 Å². The number of benzene rings is 1. The average Bonchev–Trinajstić information content (AvgIpc) is 2.44. The van der Waals surface area contributed by atoms with E-state index < -0.39 is 6.10 Å². The number of aliphatic hydroxyl groups excluding tert-OH is 1. The zero-order valence-corrected chi connectivity index (χ0v) is 18.4. The molecule has 1 N–H and O–H groups in total. The number of aliphatic hydroxyl groups is 1. The van der Waals surface area contributed by atoms with Crippen LogP contribution in [-0.4, -0.2) is 20.5 Å². The predicted octanol–water partition coefficient (Wildman–Crippen LogP) is 5.50. The summed E-state index contributed by atoms with van der Waals surface area (Å²) in [5.41, 5.74) is 3.68. The molecule has 0 saturated carbocycles. The van der Waals surface area contributed by atoms with Gasteiger partial charge in [-0.15, -0.1) is 0 Å². The molecule has 25 heavy (non-hydrogen) atoms. The van der Waals surface area contributed by atoms with Crippen LogP contribution >= 0.6 is 0 Å². The number of fused-ring (bicyclic) bond motifs is 1. The van der Waals surface area contributed by atoms with Gasteiger partial charge in [0.1, 0.15) is 0 Å². The second kappa shape index (κ2) is 7.17. The second-order valence-electron chi connectivity index (χ2n) is 10.4. The van der Waals surface area contributed by atoms with Crippen molar-refractivity contribution in [1.29, 1.82) is 0 Å². The summed E-state index contributed by atoms with van der Waals surface area (Å²) < 4.78 is 6.30. The summed E-state index contributed by atoms with van der Waals surface area (Å²) in [4.78, 5) is 0. The molecule has 0 amide bonds. The summed E-state index contributed by atoms with van der Waals surface area (Å²) in [6, 6.07) is 6.69. The first-order valence-electron chi connectivity index (χ1n) is 9.53. The van der Waals surface area contributed by atoms with Gasteiger partial charge in [0.15, 0.2) is 0 Å². The molecule has 1 aromatic carbocycles. The third kappa shape index (κ3) is 5.67. The Morgan fingerprint density at radius 3 is 2.28 bits per heavy atom. The zero-order chi connectivity index (χ0) is 19.0. The monoisotopic (exact) mass is 360 g/mol. The van der Waals surface area contributed by atoms with Crippen molar-refractivity contribution in [3.8, 4) is 0 Å². The van der Waals surface area contributed by atoms with Gasteiger partial charge in [0.2, 0.25) is 9.76 Å². The Hall–Kier alpha value is -0.643. The Morgan fingerprint density at radius 1 is 1.08 bits per heavy atom. The van der Waals surface area contributed by atoms with Crippen LogP contribution in [0.3, 0.4) is 0 Å². The van der Waals surface area contributed by atoms with E-state index in [1.165, 1.54) is 11.1 Å². The van der Waals surface area contributed by atoms with E-state index >= 15 is 0 Å². The van der Waals surface area contributed by atoms with E-state index in [4.69, 9.17) is 4.43 Å². The molecular formula is C22H36O2Si. The van der Waals surface area contributed by atoms with Crippen molar-refractivity contribution in [2.45, 2.75) is 91.4 Å². The fraction of sp³-hybridized carbons (Fsp3) is 0.727. The maximum atomic E-state index is 11.1. The summed E-state index contributed by atoms with van der Waals surface area (Å²) in [5.74, 6) is 0.139. The van der Waals surface area contributed by atoms with Gasteiger partial charge in [-0.1, -0.05) is 59.7 Å². The summed E-state index contributed by atoms with van der Waals surface area (Å²) in [5, 5.41) is 11.3. The van der Waals surface area contributed by atoms with Crippen molar-refractivity contribution in [2.24, 2.45) is 11.3 Å². The molecule has 2 radical (unpaired) electrons. The van der Waals surface area contributed by atoms with Crippen LogP contribution in [0.15, 0.2) is 18.2 Å². The lowest BCUT2D eigenvalue weighted by atomic mass is 9.73. The van der Waals surface area contributed by atoms with Crippen molar-refractivity contribution in [3.63, 3.8) is 0 Å². The van der Waals surface area contributed by atoms with Gasteiger partial charge in [-0.2, -0.15) is 0 Å². The first kappa shape index (κ1) is 20.7. The minimum Gasteiger partial charge on any atom is -0.412 e. The highest BCUT2D eigenvalue weighted by Gasteiger charge is 2.40. The predicted molar refractivity (Wildman–Crippen MR) is 107 cm³/mol. The van der Waals surface area contributed by atoms with Crippen molar-refractivity contribution >= 4 is 9.76 Å². The topological polar surface area (TPSA) is 29.5 Å². The van der Waals surface area contributed by atoms with Gasteiger partial charge in [0.25, 0.3) is 0 Å². The third-order valence-electron chi connectivity index (χ3n) is 4.88. The van der Waals surface area contributed by atoms with Gasteiger partial charge in [-0.25, -0.2) is 0 Å². The lowest BCUT2D eigenvalue weighted by Crippen LogP contribution is -2.42. The molecule has 0 fully saturated rings. The van der Waals surface area contributed by atoms with E-state index in [1.807, 2.05) is 0 Å². The van der Waals surface area contributed by atoms with Crippen LogP contribution < -0.4 is 0 Å². The maximum Gasteiger partial charge on any atom is 0.236 e. The molecule has 2 nitrogen and oxygen atoms in total. The van der Waals surface area contributed by atoms with E-state index in [2.05, 4.69) is 73.6 Å². The molecule has 0 aromatic heterocycles. The van der Waals surface area contributed by atoms with Crippen molar-refractivity contribution in [1.82, 2.24) is 0 Å². The molecule has 1 aliphatic carbocycles. The van der Waals surface area contributed by atoms with Crippen LogP contribution in [0.4, 0.5) is 0 Å². The summed E-state index contributed by atoms with van der Waals surface area (Å²) in [7, 11) is 0.439. The SMILES string of the molecule is CC(C)(C)Cc1ccc2c(c1)C(O)C(C(C)(C)O[Si]C(C)(C)C)CC2. The third-order valence-corrected chi connectivity index (χ3v) is 6.12. The van der Waals surface area contributed by atoms with Crippen molar-refractivity contribution in [3.05, 3.63) is 34.9 Å². The largest absolute Gasteiger partial charge is 0.412 e. The summed E-state index contributed by atoms with van der Waals surface area (Å²) in [6.45, 7) is 17.7. The molecule has 0 heterocycles. The Morgan fingerprint density at radius 2 is 1.72 bits per heavy atom. The molecule has 140 valence electrons. The molecule has 1 aliphatic rings. The normalized spacial score (nSPS) is 22.0. The van der Waals surface area contributed by atoms with Gasteiger partial charge in [-0.05, 0) is 60.3 Å². The first-order valence-corrected chi connectivity index (χ1v) is 10.4. The molecule has 2 atom stereocenters. The van der Waals surface area contributed by atoms with Gasteiger partial charge in [0, 0.05) is 5.92 Å². The lowest BCUT2D eigenvalue weighted by Gasteiger charge is -2.42. The van der Waals surface area contributed by atoms with Crippen LogP contribution in [0.5, 0.6) is 0 Å².